The normalized spacial score (nSPS) is 12.8. The SMILES string of the molecule is O=C(c1ccc(NP(=O)(c2ccccc2)c2ccccc2)cc1)N1Cc2cccn2Cc2ccccc21. The Kier molecular flexibility index (Phi) is 5.99. The molecule has 0 aliphatic carbocycles. The van der Waals surface area contributed by atoms with Crippen LogP contribution in [0.2, 0.25) is 0 Å². The molecule has 0 radical (unpaired) electrons. The van der Waals surface area contributed by atoms with Crippen molar-refractivity contribution in [3.63, 3.8) is 0 Å². The molecule has 1 amide bonds. The molecule has 2 heterocycles. The number of benzene rings is 4. The summed E-state index contributed by atoms with van der Waals surface area (Å²) in [6.07, 6.45) is 2.05. The summed E-state index contributed by atoms with van der Waals surface area (Å²) in [4.78, 5) is 15.6. The van der Waals surface area contributed by atoms with Crippen LogP contribution in [0.5, 0.6) is 0 Å². The van der Waals surface area contributed by atoms with E-state index in [1.807, 2.05) is 102 Å². The lowest BCUT2D eigenvalue weighted by molar-refractivity contribution is 0.0985. The van der Waals surface area contributed by atoms with Gasteiger partial charge in [0, 0.05) is 46.0 Å². The summed E-state index contributed by atoms with van der Waals surface area (Å²) in [5, 5.41) is 4.75. The number of fused-ring (bicyclic) bond motifs is 2. The number of anilines is 2. The van der Waals surface area contributed by atoms with Crippen LogP contribution in [0.1, 0.15) is 21.6 Å². The zero-order valence-electron chi connectivity index (χ0n) is 20.2. The fraction of sp³-hybridized carbons (Fsp3) is 0.0645. The molecule has 0 fully saturated rings. The molecular weight excluding hydrogens is 477 g/mol. The van der Waals surface area contributed by atoms with Gasteiger partial charge >= 0.3 is 0 Å². The molecule has 4 aromatic carbocycles. The summed E-state index contributed by atoms with van der Waals surface area (Å²) in [5.74, 6) is -0.0667. The number of nitrogens with zero attached hydrogens (tertiary/aromatic N) is 2. The van der Waals surface area contributed by atoms with E-state index in [0.29, 0.717) is 17.8 Å². The standard InChI is InChI=1S/C31H26N3O2P/c35-31(34-23-27-11-9-21-33(27)22-25-10-7-8-16-30(25)34)24-17-19-26(20-18-24)32-37(36,28-12-3-1-4-13-28)29-14-5-2-6-15-29/h1-21H,22-23H2,(H,32,36). The Morgan fingerprint density at radius 3 is 1.97 bits per heavy atom. The third-order valence-corrected chi connectivity index (χ3v) is 9.39. The van der Waals surface area contributed by atoms with Crippen LogP contribution in [0.4, 0.5) is 11.4 Å². The molecule has 6 rings (SSSR count). The number of aromatic nitrogens is 1. The van der Waals surface area contributed by atoms with Gasteiger partial charge in [-0.1, -0.05) is 54.6 Å². The number of carbonyl (C=O) groups excluding carboxylic acids is 1. The predicted molar refractivity (Wildman–Crippen MR) is 150 cm³/mol. The molecule has 1 aromatic heterocycles. The van der Waals surface area contributed by atoms with E-state index < -0.39 is 7.29 Å². The first-order valence-corrected chi connectivity index (χ1v) is 14.0. The van der Waals surface area contributed by atoms with Gasteiger partial charge < -0.3 is 14.6 Å². The van der Waals surface area contributed by atoms with Crippen molar-refractivity contribution in [2.75, 3.05) is 9.99 Å². The van der Waals surface area contributed by atoms with Gasteiger partial charge in [0.05, 0.1) is 6.54 Å². The first kappa shape index (κ1) is 23.1. The summed E-state index contributed by atoms with van der Waals surface area (Å²) in [5.41, 5.74) is 4.40. The van der Waals surface area contributed by atoms with E-state index in [0.717, 1.165) is 34.1 Å². The zero-order valence-corrected chi connectivity index (χ0v) is 21.1. The Hall–Kier alpha value is -4.34. The van der Waals surface area contributed by atoms with Crippen molar-refractivity contribution >= 4 is 35.2 Å². The quantitative estimate of drug-likeness (QED) is 0.298. The van der Waals surface area contributed by atoms with E-state index in [4.69, 9.17) is 0 Å². The van der Waals surface area contributed by atoms with Gasteiger partial charge in [-0.2, -0.15) is 0 Å². The predicted octanol–water partition coefficient (Wildman–Crippen LogP) is 6.04. The molecule has 182 valence electrons. The minimum Gasteiger partial charge on any atom is -0.345 e. The van der Waals surface area contributed by atoms with Gasteiger partial charge in [0.2, 0.25) is 7.29 Å². The molecule has 0 spiro atoms. The van der Waals surface area contributed by atoms with E-state index in [-0.39, 0.29) is 5.91 Å². The average Bonchev–Trinajstić information content (AvgIpc) is 3.33. The summed E-state index contributed by atoms with van der Waals surface area (Å²) < 4.78 is 16.5. The lowest BCUT2D eigenvalue weighted by Gasteiger charge is -2.24. The van der Waals surface area contributed by atoms with Gasteiger partial charge in [0.25, 0.3) is 5.91 Å². The maximum absolute atomic E-state index is 14.3. The second kappa shape index (κ2) is 9.61. The van der Waals surface area contributed by atoms with Crippen molar-refractivity contribution in [3.05, 3.63) is 144 Å². The van der Waals surface area contributed by atoms with Crippen molar-refractivity contribution < 1.29 is 9.36 Å². The molecule has 6 heteroatoms. The highest BCUT2D eigenvalue weighted by Gasteiger charge is 2.28. The zero-order chi connectivity index (χ0) is 25.2. The van der Waals surface area contributed by atoms with Gasteiger partial charge in [-0.3, -0.25) is 9.36 Å². The largest absolute Gasteiger partial charge is 0.345 e. The molecule has 1 aliphatic heterocycles. The smallest absolute Gasteiger partial charge is 0.258 e. The molecule has 37 heavy (non-hydrogen) atoms. The Morgan fingerprint density at radius 2 is 1.30 bits per heavy atom. The van der Waals surface area contributed by atoms with Crippen LogP contribution in [0.25, 0.3) is 0 Å². The van der Waals surface area contributed by atoms with Crippen molar-refractivity contribution in [1.29, 1.82) is 0 Å². The van der Waals surface area contributed by atoms with Crippen LogP contribution < -0.4 is 20.6 Å². The molecule has 5 nitrogen and oxygen atoms in total. The summed E-state index contributed by atoms with van der Waals surface area (Å²) in [6, 6.07) is 38.3. The highest BCUT2D eigenvalue weighted by molar-refractivity contribution is 7.80. The Morgan fingerprint density at radius 1 is 0.676 bits per heavy atom. The highest BCUT2D eigenvalue weighted by atomic mass is 31.2. The number of amides is 1. The maximum Gasteiger partial charge on any atom is 0.258 e. The van der Waals surface area contributed by atoms with Crippen molar-refractivity contribution in [2.45, 2.75) is 13.1 Å². The monoisotopic (exact) mass is 503 g/mol. The second-order valence-electron chi connectivity index (χ2n) is 9.12. The number of nitrogens with one attached hydrogen (secondary N) is 1. The van der Waals surface area contributed by atoms with Crippen molar-refractivity contribution in [2.24, 2.45) is 0 Å². The lowest BCUT2D eigenvalue weighted by atomic mass is 10.1. The highest BCUT2D eigenvalue weighted by Crippen LogP contribution is 2.43. The molecule has 0 bridgehead atoms. The third kappa shape index (κ3) is 4.39. The van der Waals surface area contributed by atoms with Crippen LogP contribution >= 0.6 is 7.29 Å². The van der Waals surface area contributed by atoms with E-state index in [2.05, 4.69) is 28.0 Å². The lowest BCUT2D eigenvalue weighted by Crippen LogP contribution is -2.30. The summed E-state index contributed by atoms with van der Waals surface area (Å²) in [6.45, 7) is 1.24. The average molecular weight is 504 g/mol. The van der Waals surface area contributed by atoms with Crippen LogP contribution in [-0.4, -0.2) is 10.5 Å². The second-order valence-corrected chi connectivity index (χ2v) is 11.6. The summed E-state index contributed by atoms with van der Waals surface area (Å²) in [7, 11) is -3.14. The molecular formula is C31H26N3O2P. The minimum absolute atomic E-state index is 0.0667. The van der Waals surface area contributed by atoms with Crippen molar-refractivity contribution in [1.82, 2.24) is 4.57 Å². The molecule has 0 saturated heterocycles. The van der Waals surface area contributed by atoms with Gasteiger partial charge in [0.1, 0.15) is 0 Å². The Bertz CT molecular complexity index is 1550. The number of hydrogen-bond acceptors (Lipinski definition) is 2. The van der Waals surface area contributed by atoms with E-state index in [1.54, 1.807) is 12.1 Å². The third-order valence-electron chi connectivity index (χ3n) is 6.77. The molecule has 0 unspecified atom stereocenters. The Balaban J connectivity index is 1.31. The molecule has 5 aromatic rings. The van der Waals surface area contributed by atoms with Gasteiger partial charge in [-0.15, -0.1) is 0 Å². The number of rotatable bonds is 5. The van der Waals surface area contributed by atoms with Crippen LogP contribution in [0, 0.1) is 0 Å². The van der Waals surface area contributed by atoms with E-state index in [9.17, 15) is 9.36 Å². The Labute approximate surface area is 216 Å². The van der Waals surface area contributed by atoms with Crippen molar-refractivity contribution in [3.8, 4) is 0 Å². The van der Waals surface area contributed by atoms with Gasteiger partial charge in [0.15, 0.2) is 0 Å². The number of carbonyl (C=O) groups is 1. The molecule has 0 atom stereocenters. The molecule has 1 aliphatic rings. The molecule has 0 saturated carbocycles. The number of para-hydroxylation sites is 1. The van der Waals surface area contributed by atoms with Crippen LogP contribution in [-0.2, 0) is 17.7 Å². The van der Waals surface area contributed by atoms with E-state index in [1.165, 1.54) is 0 Å². The van der Waals surface area contributed by atoms with Crippen LogP contribution in [0.3, 0.4) is 0 Å². The van der Waals surface area contributed by atoms with E-state index >= 15 is 0 Å². The fourth-order valence-electron chi connectivity index (χ4n) is 4.85. The molecule has 1 N–H and O–H groups in total. The fourth-order valence-corrected chi connectivity index (χ4v) is 7.10. The minimum atomic E-state index is -3.14. The van der Waals surface area contributed by atoms with Crippen LogP contribution in [0.15, 0.2) is 128 Å². The van der Waals surface area contributed by atoms with Gasteiger partial charge in [-0.05, 0) is 72.3 Å². The first-order chi connectivity index (χ1) is 18.1. The first-order valence-electron chi connectivity index (χ1n) is 12.3. The van der Waals surface area contributed by atoms with Gasteiger partial charge in [-0.25, -0.2) is 0 Å². The summed E-state index contributed by atoms with van der Waals surface area (Å²) >= 11 is 0. The maximum atomic E-state index is 14.3. The number of hydrogen-bond donors (Lipinski definition) is 1. The topological polar surface area (TPSA) is 54.3 Å².